The largest absolute Gasteiger partial charge is 0.359 e. The third-order valence-electron chi connectivity index (χ3n) is 1.89. The topological polar surface area (TPSA) is 37.4 Å². The fraction of sp³-hybridized carbons (Fsp3) is 0.300. The van der Waals surface area contributed by atoms with Crippen LogP contribution in [0.2, 0.25) is 0 Å². The van der Waals surface area contributed by atoms with Gasteiger partial charge < -0.3 is 4.90 Å². The zero-order chi connectivity index (χ0) is 11.6. The SMILES string of the molecule is Cc1cccc(S(=O)(=O)C(=S)N(C)C)c1. The lowest BCUT2D eigenvalue weighted by atomic mass is 10.2. The monoisotopic (exact) mass is 243 g/mol. The van der Waals surface area contributed by atoms with Gasteiger partial charge in [0, 0.05) is 14.1 Å². The molecule has 1 aromatic rings. The Kier molecular flexibility index (Phi) is 3.46. The standard InChI is InChI=1S/C10H13NO2S2/c1-8-5-4-6-9(7-8)15(12,13)10(14)11(2)3/h4-7H,1-3H3. The quantitative estimate of drug-likeness (QED) is 0.702. The highest BCUT2D eigenvalue weighted by Crippen LogP contribution is 2.15. The van der Waals surface area contributed by atoms with Gasteiger partial charge in [0.2, 0.25) is 9.84 Å². The maximum Gasteiger partial charge on any atom is 0.232 e. The van der Waals surface area contributed by atoms with Crippen molar-refractivity contribution in [1.29, 1.82) is 0 Å². The fourth-order valence-corrected chi connectivity index (χ4v) is 2.69. The summed E-state index contributed by atoms with van der Waals surface area (Å²) in [6, 6.07) is 6.72. The van der Waals surface area contributed by atoms with Crippen LogP contribution in [0.4, 0.5) is 0 Å². The molecule has 0 aliphatic carbocycles. The van der Waals surface area contributed by atoms with Crippen molar-refractivity contribution in [2.45, 2.75) is 11.8 Å². The zero-order valence-electron chi connectivity index (χ0n) is 8.89. The van der Waals surface area contributed by atoms with Crippen molar-refractivity contribution in [2.75, 3.05) is 14.1 Å². The van der Waals surface area contributed by atoms with Gasteiger partial charge >= 0.3 is 0 Å². The van der Waals surface area contributed by atoms with Crippen LogP contribution >= 0.6 is 12.2 Å². The van der Waals surface area contributed by atoms with Gasteiger partial charge in [-0.15, -0.1) is 0 Å². The lowest BCUT2D eigenvalue weighted by Gasteiger charge is -2.13. The van der Waals surface area contributed by atoms with E-state index in [0.717, 1.165) is 5.56 Å². The second-order valence-electron chi connectivity index (χ2n) is 3.48. The molecule has 0 bridgehead atoms. The maximum absolute atomic E-state index is 11.9. The number of hydrogen-bond acceptors (Lipinski definition) is 3. The van der Waals surface area contributed by atoms with Crippen molar-refractivity contribution in [3.63, 3.8) is 0 Å². The average Bonchev–Trinajstić information content (AvgIpc) is 2.16. The van der Waals surface area contributed by atoms with E-state index >= 15 is 0 Å². The lowest BCUT2D eigenvalue weighted by molar-refractivity contribution is 0.591. The second-order valence-corrected chi connectivity index (χ2v) is 5.99. The van der Waals surface area contributed by atoms with Gasteiger partial charge in [0.05, 0.1) is 4.90 Å². The molecule has 1 rings (SSSR count). The van der Waals surface area contributed by atoms with E-state index in [1.165, 1.54) is 4.90 Å². The molecular weight excluding hydrogens is 230 g/mol. The van der Waals surface area contributed by atoms with Crippen molar-refractivity contribution >= 4 is 26.4 Å². The predicted octanol–water partition coefficient (Wildman–Crippen LogP) is 1.62. The molecule has 0 heterocycles. The minimum Gasteiger partial charge on any atom is -0.359 e. The molecule has 0 fully saturated rings. The third-order valence-corrected chi connectivity index (χ3v) is 4.62. The number of rotatable bonds is 1. The Bertz CT molecular complexity index is 478. The zero-order valence-corrected chi connectivity index (χ0v) is 10.5. The van der Waals surface area contributed by atoms with Crippen LogP contribution < -0.4 is 0 Å². The van der Waals surface area contributed by atoms with Crippen LogP contribution in [0.1, 0.15) is 5.56 Å². The molecule has 0 unspecified atom stereocenters. The molecule has 0 atom stereocenters. The maximum atomic E-state index is 11.9. The Morgan fingerprint density at radius 3 is 2.40 bits per heavy atom. The molecule has 0 spiro atoms. The molecule has 0 saturated carbocycles. The van der Waals surface area contributed by atoms with Gasteiger partial charge in [0.15, 0.2) is 4.32 Å². The molecule has 82 valence electrons. The summed E-state index contributed by atoms with van der Waals surface area (Å²) < 4.78 is 23.8. The summed E-state index contributed by atoms with van der Waals surface area (Å²) in [6.45, 7) is 1.84. The van der Waals surface area contributed by atoms with Crippen molar-refractivity contribution in [3.8, 4) is 0 Å². The van der Waals surface area contributed by atoms with E-state index in [2.05, 4.69) is 0 Å². The number of sulfone groups is 1. The van der Waals surface area contributed by atoms with E-state index in [4.69, 9.17) is 12.2 Å². The van der Waals surface area contributed by atoms with Crippen LogP contribution in [0.25, 0.3) is 0 Å². The van der Waals surface area contributed by atoms with Gasteiger partial charge in [-0.05, 0) is 36.8 Å². The highest BCUT2D eigenvalue weighted by Gasteiger charge is 2.22. The Morgan fingerprint density at radius 2 is 1.93 bits per heavy atom. The molecular formula is C10H13NO2S2. The van der Waals surface area contributed by atoms with E-state index in [9.17, 15) is 8.42 Å². The molecule has 0 amide bonds. The van der Waals surface area contributed by atoms with E-state index in [1.807, 2.05) is 13.0 Å². The van der Waals surface area contributed by atoms with Crippen LogP contribution in [-0.2, 0) is 9.84 Å². The highest BCUT2D eigenvalue weighted by molar-refractivity contribution is 8.17. The molecule has 15 heavy (non-hydrogen) atoms. The van der Waals surface area contributed by atoms with Crippen LogP contribution in [0, 0.1) is 6.92 Å². The van der Waals surface area contributed by atoms with E-state index in [-0.39, 0.29) is 9.22 Å². The summed E-state index contributed by atoms with van der Waals surface area (Å²) in [4.78, 5) is 1.67. The minimum absolute atomic E-state index is 0.0619. The lowest BCUT2D eigenvalue weighted by Crippen LogP contribution is -2.28. The predicted molar refractivity (Wildman–Crippen MR) is 64.6 cm³/mol. The molecule has 0 radical (unpaired) electrons. The van der Waals surface area contributed by atoms with Gasteiger partial charge in [0.1, 0.15) is 0 Å². The number of aryl methyl sites for hydroxylation is 1. The summed E-state index contributed by atoms with van der Waals surface area (Å²) in [5, 5.41) is 0. The molecule has 5 heteroatoms. The van der Waals surface area contributed by atoms with Gasteiger partial charge in [-0.2, -0.15) is 0 Å². The number of thiocarbonyl (C=S) groups is 1. The first-order valence-corrected chi connectivity index (χ1v) is 6.28. The molecule has 3 nitrogen and oxygen atoms in total. The molecule has 0 aliphatic heterocycles. The molecule has 0 saturated heterocycles. The first kappa shape index (κ1) is 12.1. The molecule has 0 N–H and O–H groups in total. The summed E-state index contributed by atoms with van der Waals surface area (Å²) in [6.07, 6.45) is 0. The average molecular weight is 243 g/mol. The van der Waals surface area contributed by atoms with Gasteiger partial charge in [-0.1, -0.05) is 12.1 Å². The van der Waals surface area contributed by atoms with Crippen LogP contribution in [0.5, 0.6) is 0 Å². The van der Waals surface area contributed by atoms with Gasteiger partial charge in [0.25, 0.3) is 0 Å². The normalized spacial score (nSPS) is 11.1. The van der Waals surface area contributed by atoms with Crippen molar-refractivity contribution < 1.29 is 8.42 Å². The Balaban J connectivity index is 3.24. The summed E-state index contributed by atoms with van der Waals surface area (Å²) in [5.74, 6) is 0. The smallest absolute Gasteiger partial charge is 0.232 e. The Morgan fingerprint density at radius 1 is 1.33 bits per heavy atom. The van der Waals surface area contributed by atoms with Crippen molar-refractivity contribution in [2.24, 2.45) is 0 Å². The number of hydrogen-bond donors (Lipinski definition) is 0. The summed E-state index contributed by atoms with van der Waals surface area (Å²) in [7, 11) is -0.262. The third kappa shape index (κ3) is 2.54. The summed E-state index contributed by atoms with van der Waals surface area (Å²) in [5.41, 5.74) is 0.901. The van der Waals surface area contributed by atoms with E-state index in [0.29, 0.717) is 0 Å². The minimum atomic E-state index is -3.50. The van der Waals surface area contributed by atoms with Crippen LogP contribution in [0.15, 0.2) is 29.2 Å². The summed E-state index contributed by atoms with van der Waals surface area (Å²) >= 11 is 4.88. The molecule has 0 aliphatic rings. The molecule has 0 aromatic heterocycles. The van der Waals surface area contributed by atoms with Gasteiger partial charge in [-0.3, -0.25) is 0 Å². The van der Waals surface area contributed by atoms with E-state index < -0.39 is 9.84 Å². The number of benzene rings is 1. The van der Waals surface area contributed by atoms with Crippen molar-refractivity contribution in [1.82, 2.24) is 4.90 Å². The van der Waals surface area contributed by atoms with Crippen LogP contribution in [0.3, 0.4) is 0 Å². The highest BCUT2D eigenvalue weighted by atomic mass is 32.2. The van der Waals surface area contributed by atoms with Crippen molar-refractivity contribution in [3.05, 3.63) is 29.8 Å². The number of nitrogens with zero attached hydrogens (tertiary/aromatic N) is 1. The van der Waals surface area contributed by atoms with E-state index in [1.54, 1.807) is 32.3 Å². The fourth-order valence-electron chi connectivity index (χ4n) is 1.12. The Labute approximate surface area is 95.6 Å². The van der Waals surface area contributed by atoms with Gasteiger partial charge in [-0.25, -0.2) is 8.42 Å². The Hall–Kier alpha value is -0.940. The first-order chi connectivity index (χ1) is 6.85. The molecule has 1 aromatic carbocycles. The van der Waals surface area contributed by atoms with Crippen LogP contribution in [-0.4, -0.2) is 31.7 Å². The first-order valence-electron chi connectivity index (χ1n) is 4.39. The second kappa shape index (κ2) is 4.28.